The van der Waals surface area contributed by atoms with Gasteiger partial charge in [-0.3, -0.25) is 4.79 Å². The van der Waals surface area contributed by atoms with Gasteiger partial charge in [0.25, 0.3) is 0 Å². The molecule has 0 saturated heterocycles. The Morgan fingerprint density at radius 1 is 1.86 bits per heavy atom. The molecule has 0 bridgehead atoms. The first-order valence-electron chi connectivity index (χ1n) is 2.29. The van der Waals surface area contributed by atoms with Gasteiger partial charge >= 0.3 is 0 Å². The van der Waals surface area contributed by atoms with E-state index in [1.54, 1.807) is 6.92 Å². The lowest BCUT2D eigenvalue weighted by Gasteiger charge is -1.97. The van der Waals surface area contributed by atoms with Crippen molar-refractivity contribution in [1.82, 2.24) is 0 Å². The van der Waals surface area contributed by atoms with E-state index < -0.39 is 0 Å². The Labute approximate surface area is 49.5 Å². The summed E-state index contributed by atoms with van der Waals surface area (Å²) in [7, 11) is 0. The fourth-order valence-electron chi connectivity index (χ4n) is 0.129. The standard InChI is InChI=1S/C5H10OS/c1-4(3-7)5(2)6/h4,7H,3H2,1-2H3/t4-/m1/s1. The van der Waals surface area contributed by atoms with Gasteiger partial charge in [-0.25, -0.2) is 0 Å². The summed E-state index contributed by atoms with van der Waals surface area (Å²) in [4.78, 5) is 10.3. The van der Waals surface area contributed by atoms with Crippen LogP contribution in [0.4, 0.5) is 0 Å². The minimum absolute atomic E-state index is 0.128. The van der Waals surface area contributed by atoms with E-state index in [9.17, 15) is 4.79 Å². The molecular weight excluding hydrogens is 108 g/mol. The van der Waals surface area contributed by atoms with Crippen molar-refractivity contribution < 1.29 is 4.79 Å². The highest BCUT2D eigenvalue weighted by Crippen LogP contribution is 1.96. The monoisotopic (exact) mass is 118 g/mol. The minimum Gasteiger partial charge on any atom is -0.300 e. The van der Waals surface area contributed by atoms with Crippen LogP contribution in [0.3, 0.4) is 0 Å². The quantitative estimate of drug-likeness (QED) is 0.538. The van der Waals surface area contributed by atoms with E-state index in [2.05, 4.69) is 12.6 Å². The van der Waals surface area contributed by atoms with Crippen LogP contribution in [-0.4, -0.2) is 11.5 Å². The molecule has 0 spiro atoms. The Hall–Kier alpha value is 0.0200. The molecule has 0 rings (SSSR count). The van der Waals surface area contributed by atoms with Crippen LogP contribution in [0, 0.1) is 5.92 Å². The third-order valence-corrected chi connectivity index (χ3v) is 1.52. The normalized spacial score (nSPS) is 13.6. The van der Waals surface area contributed by atoms with Crippen LogP contribution in [0.5, 0.6) is 0 Å². The Bertz CT molecular complexity index is 70.5. The third kappa shape index (κ3) is 2.68. The van der Waals surface area contributed by atoms with Crippen molar-refractivity contribution >= 4 is 18.4 Å². The van der Waals surface area contributed by atoms with Gasteiger partial charge in [-0.05, 0) is 12.7 Å². The van der Waals surface area contributed by atoms with Crippen LogP contribution in [0.25, 0.3) is 0 Å². The molecule has 0 aliphatic carbocycles. The number of thiol groups is 1. The van der Waals surface area contributed by atoms with Gasteiger partial charge in [0, 0.05) is 5.92 Å². The molecule has 0 aromatic carbocycles. The molecule has 0 aliphatic heterocycles. The van der Waals surface area contributed by atoms with E-state index in [0.717, 1.165) is 0 Å². The van der Waals surface area contributed by atoms with Crippen LogP contribution in [0.2, 0.25) is 0 Å². The summed E-state index contributed by atoms with van der Waals surface area (Å²) in [5.41, 5.74) is 0. The highest BCUT2D eigenvalue weighted by molar-refractivity contribution is 7.80. The summed E-state index contributed by atoms with van der Waals surface area (Å²) in [5.74, 6) is 1.01. The largest absolute Gasteiger partial charge is 0.300 e. The maximum Gasteiger partial charge on any atom is 0.133 e. The van der Waals surface area contributed by atoms with Gasteiger partial charge in [-0.15, -0.1) is 0 Å². The average Bonchev–Trinajstić information content (AvgIpc) is 1.65. The van der Waals surface area contributed by atoms with Gasteiger partial charge in [-0.2, -0.15) is 12.6 Å². The van der Waals surface area contributed by atoms with Crippen molar-refractivity contribution in [2.45, 2.75) is 13.8 Å². The zero-order valence-electron chi connectivity index (χ0n) is 4.64. The number of hydrogen-bond donors (Lipinski definition) is 1. The molecule has 42 valence electrons. The van der Waals surface area contributed by atoms with E-state index in [0.29, 0.717) is 5.75 Å². The average molecular weight is 118 g/mol. The first-order chi connectivity index (χ1) is 3.18. The molecule has 0 saturated carbocycles. The Balaban J connectivity index is 3.34. The summed E-state index contributed by atoms with van der Waals surface area (Å²) >= 11 is 3.93. The Morgan fingerprint density at radius 3 is 2.29 bits per heavy atom. The Morgan fingerprint density at radius 2 is 2.29 bits per heavy atom. The summed E-state index contributed by atoms with van der Waals surface area (Å²) in [5, 5.41) is 0. The van der Waals surface area contributed by atoms with Crippen molar-refractivity contribution in [3.63, 3.8) is 0 Å². The van der Waals surface area contributed by atoms with Crippen molar-refractivity contribution in [2.24, 2.45) is 5.92 Å². The van der Waals surface area contributed by atoms with E-state index in [1.807, 2.05) is 6.92 Å². The number of ketones is 1. The first-order valence-corrected chi connectivity index (χ1v) is 2.93. The van der Waals surface area contributed by atoms with Crippen LogP contribution in [-0.2, 0) is 4.79 Å². The van der Waals surface area contributed by atoms with Crippen molar-refractivity contribution in [3.05, 3.63) is 0 Å². The van der Waals surface area contributed by atoms with E-state index in [-0.39, 0.29) is 11.7 Å². The fraction of sp³-hybridized carbons (Fsp3) is 0.800. The SMILES string of the molecule is CC(=O)[C@H](C)CS. The molecule has 0 aromatic rings. The maximum atomic E-state index is 10.3. The van der Waals surface area contributed by atoms with E-state index in [4.69, 9.17) is 0 Å². The lowest BCUT2D eigenvalue weighted by Crippen LogP contribution is -2.06. The van der Waals surface area contributed by atoms with Crippen molar-refractivity contribution in [2.75, 3.05) is 5.75 Å². The molecule has 0 amide bonds. The molecule has 1 atom stereocenters. The summed E-state index contributed by atoms with van der Waals surface area (Å²) in [6.07, 6.45) is 0. The second kappa shape index (κ2) is 3.08. The predicted molar refractivity (Wildman–Crippen MR) is 33.7 cm³/mol. The van der Waals surface area contributed by atoms with Crippen LogP contribution < -0.4 is 0 Å². The van der Waals surface area contributed by atoms with E-state index in [1.165, 1.54) is 0 Å². The lowest BCUT2D eigenvalue weighted by atomic mass is 10.1. The lowest BCUT2D eigenvalue weighted by molar-refractivity contribution is -0.119. The second-order valence-electron chi connectivity index (χ2n) is 1.69. The predicted octanol–water partition coefficient (Wildman–Crippen LogP) is 1.14. The number of hydrogen-bond acceptors (Lipinski definition) is 2. The van der Waals surface area contributed by atoms with Crippen LogP contribution in [0.1, 0.15) is 13.8 Å². The molecule has 0 N–H and O–H groups in total. The second-order valence-corrected chi connectivity index (χ2v) is 2.06. The highest BCUT2D eigenvalue weighted by Gasteiger charge is 2.01. The fourth-order valence-corrected chi connectivity index (χ4v) is 0.386. The van der Waals surface area contributed by atoms with E-state index >= 15 is 0 Å². The smallest absolute Gasteiger partial charge is 0.133 e. The van der Waals surface area contributed by atoms with Gasteiger partial charge in [0.1, 0.15) is 5.78 Å². The number of carbonyl (C=O) groups excluding carboxylic acids is 1. The summed E-state index contributed by atoms with van der Waals surface area (Å²) in [6.45, 7) is 3.45. The van der Waals surface area contributed by atoms with Crippen molar-refractivity contribution in [1.29, 1.82) is 0 Å². The van der Waals surface area contributed by atoms with Gasteiger partial charge in [-0.1, -0.05) is 6.92 Å². The zero-order valence-corrected chi connectivity index (χ0v) is 5.53. The summed E-state index contributed by atoms with van der Waals surface area (Å²) < 4.78 is 0. The molecule has 2 heteroatoms. The minimum atomic E-state index is 0.128. The van der Waals surface area contributed by atoms with Crippen LogP contribution >= 0.6 is 12.6 Å². The molecule has 0 unspecified atom stereocenters. The molecule has 0 aromatic heterocycles. The number of carbonyl (C=O) groups is 1. The van der Waals surface area contributed by atoms with Gasteiger partial charge in [0.2, 0.25) is 0 Å². The molecule has 1 nitrogen and oxygen atoms in total. The Kier molecular flexibility index (Phi) is 3.09. The molecule has 0 radical (unpaired) electrons. The third-order valence-electron chi connectivity index (χ3n) is 0.968. The molecular formula is C5H10OS. The van der Waals surface area contributed by atoms with Gasteiger partial charge in [0.15, 0.2) is 0 Å². The summed E-state index contributed by atoms with van der Waals surface area (Å²) in [6, 6.07) is 0. The van der Waals surface area contributed by atoms with Gasteiger partial charge < -0.3 is 0 Å². The molecule has 0 fully saturated rings. The number of Topliss-reactive ketones (excluding diaryl/α,β-unsaturated/α-hetero) is 1. The topological polar surface area (TPSA) is 17.1 Å². The maximum absolute atomic E-state index is 10.3. The number of rotatable bonds is 2. The molecule has 0 heterocycles. The molecule has 0 aliphatic rings. The zero-order chi connectivity index (χ0) is 5.86. The van der Waals surface area contributed by atoms with Crippen molar-refractivity contribution in [3.8, 4) is 0 Å². The highest BCUT2D eigenvalue weighted by atomic mass is 32.1. The molecule has 7 heavy (non-hydrogen) atoms. The van der Waals surface area contributed by atoms with Gasteiger partial charge in [0.05, 0.1) is 0 Å². The van der Waals surface area contributed by atoms with Crippen LogP contribution in [0.15, 0.2) is 0 Å². The first kappa shape index (κ1) is 7.02.